The van der Waals surface area contributed by atoms with E-state index in [-0.39, 0.29) is 23.7 Å². The third-order valence-electron chi connectivity index (χ3n) is 7.18. The van der Waals surface area contributed by atoms with Gasteiger partial charge in [-0.3, -0.25) is 9.59 Å². The summed E-state index contributed by atoms with van der Waals surface area (Å²) < 4.78 is 5.46. The average Bonchev–Trinajstić information content (AvgIpc) is 3.56. The van der Waals surface area contributed by atoms with Gasteiger partial charge in [-0.1, -0.05) is 35.0 Å². The number of aryl methyl sites for hydroxylation is 1. The number of nitrogens with one attached hydrogen (secondary N) is 1. The SMILES string of the molecule is Cc1ccc(CN2CC(CNC(=O)C3CCN(c4nc(-c5ccc(C#N)cc5)no4)CC3)CC2=O)cc1. The number of nitriles is 1. The van der Waals surface area contributed by atoms with E-state index in [1.807, 2.05) is 16.7 Å². The van der Waals surface area contributed by atoms with Gasteiger partial charge in [0.05, 0.1) is 11.6 Å². The van der Waals surface area contributed by atoms with Crippen molar-refractivity contribution in [2.24, 2.45) is 11.8 Å². The van der Waals surface area contributed by atoms with Crippen molar-refractivity contribution >= 4 is 17.8 Å². The zero-order valence-corrected chi connectivity index (χ0v) is 20.9. The Bertz CT molecular complexity index is 1290. The van der Waals surface area contributed by atoms with Crippen LogP contribution in [0.1, 0.15) is 36.0 Å². The van der Waals surface area contributed by atoms with Crippen LogP contribution < -0.4 is 10.2 Å². The Balaban J connectivity index is 1.07. The van der Waals surface area contributed by atoms with Crippen molar-refractivity contribution < 1.29 is 14.1 Å². The molecule has 3 heterocycles. The number of nitrogens with zero attached hydrogens (tertiary/aromatic N) is 5. The molecule has 2 aromatic carbocycles. The summed E-state index contributed by atoms with van der Waals surface area (Å²) in [6.07, 6.45) is 1.87. The monoisotopic (exact) mass is 498 g/mol. The molecule has 9 heteroatoms. The highest BCUT2D eigenvalue weighted by Gasteiger charge is 2.32. The van der Waals surface area contributed by atoms with E-state index in [0.717, 1.165) is 11.1 Å². The number of likely N-dealkylation sites (tertiary alicyclic amines) is 1. The van der Waals surface area contributed by atoms with E-state index in [9.17, 15) is 9.59 Å². The molecule has 37 heavy (non-hydrogen) atoms. The van der Waals surface area contributed by atoms with E-state index in [1.165, 1.54) is 5.56 Å². The van der Waals surface area contributed by atoms with Crippen LogP contribution in [0, 0.1) is 30.1 Å². The van der Waals surface area contributed by atoms with E-state index < -0.39 is 0 Å². The Kier molecular flexibility index (Phi) is 7.17. The van der Waals surface area contributed by atoms with E-state index in [4.69, 9.17) is 9.78 Å². The second-order valence-electron chi connectivity index (χ2n) is 9.93. The molecule has 2 saturated heterocycles. The lowest BCUT2D eigenvalue weighted by Gasteiger charge is -2.30. The maximum absolute atomic E-state index is 12.8. The van der Waals surface area contributed by atoms with Gasteiger partial charge in [-0.2, -0.15) is 10.2 Å². The van der Waals surface area contributed by atoms with Gasteiger partial charge in [0, 0.05) is 56.5 Å². The average molecular weight is 499 g/mol. The molecule has 1 atom stereocenters. The van der Waals surface area contributed by atoms with E-state index in [1.54, 1.807) is 24.3 Å². The molecule has 0 spiro atoms. The Morgan fingerprint density at radius 3 is 2.57 bits per heavy atom. The van der Waals surface area contributed by atoms with Gasteiger partial charge in [0.2, 0.25) is 17.6 Å². The summed E-state index contributed by atoms with van der Waals surface area (Å²) in [5.74, 6) is 0.738. The molecule has 1 N–H and O–H groups in total. The summed E-state index contributed by atoms with van der Waals surface area (Å²) in [6.45, 7) is 5.16. The number of amides is 2. The van der Waals surface area contributed by atoms with Crippen LogP contribution in [0.25, 0.3) is 11.4 Å². The van der Waals surface area contributed by atoms with Crippen molar-refractivity contribution in [2.75, 3.05) is 31.1 Å². The van der Waals surface area contributed by atoms with E-state index in [2.05, 4.69) is 45.8 Å². The van der Waals surface area contributed by atoms with Crippen molar-refractivity contribution in [3.63, 3.8) is 0 Å². The van der Waals surface area contributed by atoms with E-state index >= 15 is 0 Å². The lowest BCUT2D eigenvalue weighted by Crippen LogP contribution is -2.42. The molecule has 3 aromatic rings. The topological polar surface area (TPSA) is 115 Å². The minimum absolute atomic E-state index is 0.0490. The standard InChI is InChI=1S/C28H30N6O3/c1-19-2-4-21(5-3-19)17-34-18-22(14-25(34)35)16-30-27(36)24-10-12-33(13-11-24)28-31-26(32-37-28)23-8-6-20(15-29)7-9-23/h2-9,22,24H,10-14,16-18H2,1H3,(H,30,36). The molecule has 0 bridgehead atoms. The van der Waals surface area contributed by atoms with Gasteiger partial charge in [-0.15, -0.1) is 0 Å². The fraction of sp³-hybridized carbons (Fsp3) is 0.393. The van der Waals surface area contributed by atoms with Gasteiger partial charge in [-0.05, 0) is 49.6 Å². The maximum Gasteiger partial charge on any atom is 0.324 e. The number of rotatable bonds is 7. The van der Waals surface area contributed by atoms with E-state index in [0.29, 0.717) is 69.4 Å². The molecule has 0 radical (unpaired) electrons. The van der Waals surface area contributed by atoms with Gasteiger partial charge in [-0.25, -0.2) is 0 Å². The van der Waals surface area contributed by atoms with Crippen LogP contribution in [0.5, 0.6) is 0 Å². The number of carbonyl (C=O) groups excluding carboxylic acids is 2. The smallest absolute Gasteiger partial charge is 0.324 e. The first kappa shape index (κ1) is 24.5. The molecule has 2 fully saturated rings. The Labute approximate surface area is 216 Å². The highest BCUT2D eigenvalue weighted by molar-refractivity contribution is 5.80. The molecule has 1 unspecified atom stereocenters. The Morgan fingerprint density at radius 2 is 1.86 bits per heavy atom. The van der Waals surface area contributed by atoms with Crippen LogP contribution in [0.2, 0.25) is 0 Å². The molecular formula is C28H30N6O3. The predicted molar refractivity (Wildman–Crippen MR) is 137 cm³/mol. The van der Waals surface area contributed by atoms with Gasteiger partial charge < -0.3 is 19.6 Å². The van der Waals surface area contributed by atoms with Gasteiger partial charge in [0.25, 0.3) is 0 Å². The molecule has 9 nitrogen and oxygen atoms in total. The van der Waals surface area contributed by atoms with Crippen LogP contribution in [-0.4, -0.2) is 53.0 Å². The summed E-state index contributed by atoms with van der Waals surface area (Å²) in [4.78, 5) is 33.7. The maximum atomic E-state index is 12.8. The molecule has 0 saturated carbocycles. The second kappa shape index (κ2) is 10.8. The van der Waals surface area contributed by atoms with Crippen LogP contribution in [0.4, 0.5) is 6.01 Å². The summed E-state index contributed by atoms with van der Waals surface area (Å²) in [7, 11) is 0. The number of anilines is 1. The molecule has 1 aromatic heterocycles. The van der Waals surface area contributed by atoms with Gasteiger partial charge in [0.15, 0.2) is 0 Å². The van der Waals surface area contributed by atoms with Crippen LogP contribution in [-0.2, 0) is 16.1 Å². The molecule has 190 valence electrons. The third kappa shape index (κ3) is 5.80. The number of benzene rings is 2. The van der Waals surface area contributed by atoms with Crippen LogP contribution >= 0.6 is 0 Å². The molecular weight excluding hydrogens is 468 g/mol. The zero-order chi connectivity index (χ0) is 25.8. The van der Waals surface area contributed by atoms with Gasteiger partial charge >= 0.3 is 6.01 Å². The van der Waals surface area contributed by atoms with Crippen molar-refractivity contribution in [1.29, 1.82) is 5.26 Å². The minimum atomic E-state index is -0.0714. The number of hydrogen-bond acceptors (Lipinski definition) is 7. The summed E-state index contributed by atoms with van der Waals surface area (Å²) in [5, 5.41) is 16.1. The second-order valence-corrected chi connectivity index (χ2v) is 9.93. The van der Waals surface area contributed by atoms with Crippen LogP contribution in [0.15, 0.2) is 53.1 Å². The Hall–Kier alpha value is -4.19. The molecule has 2 aliphatic heterocycles. The third-order valence-corrected chi connectivity index (χ3v) is 7.18. The first-order valence-corrected chi connectivity index (χ1v) is 12.7. The summed E-state index contributed by atoms with van der Waals surface area (Å²) in [5.41, 5.74) is 3.69. The predicted octanol–water partition coefficient (Wildman–Crippen LogP) is 3.30. The largest absolute Gasteiger partial charge is 0.356 e. The first-order valence-electron chi connectivity index (χ1n) is 12.7. The minimum Gasteiger partial charge on any atom is -0.356 e. The van der Waals surface area contributed by atoms with Crippen LogP contribution in [0.3, 0.4) is 0 Å². The molecule has 2 amide bonds. The fourth-order valence-electron chi connectivity index (χ4n) is 4.93. The number of carbonyl (C=O) groups is 2. The molecule has 5 rings (SSSR count). The number of piperidine rings is 1. The fourth-order valence-corrected chi connectivity index (χ4v) is 4.93. The highest BCUT2D eigenvalue weighted by atomic mass is 16.5. The summed E-state index contributed by atoms with van der Waals surface area (Å²) >= 11 is 0. The van der Waals surface area contributed by atoms with Crippen molar-refractivity contribution in [3.05, 3.63) is 65.2 Å². The first-order chi connectivity index (χ1) is 18.0. The van der Waals surface area contributed by atoms with Crippen molar-refractivity contribution in [3.8, 4) is 17.5 Å². The lowest BCUT2D eigenvalue weighted by atomic mass is 9.96. The highest BCUT2D eigenvalue weighted by Crippen LogP contribution is 2.26. The summed E-state index contributed by atoms with van der Waals surface area (Å²) in [6, 6.07) is 17.8. The lowest BCUT2D eigenvalue weighted by molar-refractivity contribution is -0.128. The molecule has 2 aliphatic rings. The normalized spacial score (nSPS) is 18.2. The van der Waals surface area contributed by atoms with Crippen molar-refractivity contribution in [2.45, 2.75) is 32.7 Å². The molecule has 0 aliphatic carbocycles. The zero-order valence-electron chi connectivity index (χ0n) is 20.9. The Morgan fingerprint density at radius 1 is 1.14 bits per heavy atom. The number of hydrogen-bond donors (Lipinski definition) is 1. The van der Waals surface area contributed by atoms with Gasteiger partial charge in [0.1, 0.15) is 0 Å². The van der Waals surface area contributed by atoms with Crippen molar-refractivity contribution in [1.82, 2.24) is 20.4 Å². The number of aromatic nitrogens is 2. The quantitative estimate of drug-likeness (QED) is 0.531.